The minimum atomic E-state index is -1.47. The summed E-state index contributed by atoms with van der Waals surface area (Å²) >= 11 is 0. The number of aliphatic carboxylic acids is 1. The van der Waals surface area contributed by atoms with Crippen molar-refractivity contribution in [1.29, 1.82) is 0 Å². The standard InChI is InChI=1S/C20H20FN3O5/c1-2-20(19(28)23-15(9-18(26)27)17(25)11-21)10-16(24-29-20)14-8-7-12-5-3-4-6-13(12)22-14/h3-8,15H,2,9-11H2,1H3,(H,23,28)(H,26,27)/t15-,20?/m0/s1. The first kappa shape index (κ1) is 20.4. The summed E-state index contributed by atoms with van der Waals surface area (Å²) in [5.74, 6) is -3.05. The Morgan fingerprint density at radius 2 is 2.03 bits per heavy atom. The van der Waals surface area contributed by atoms with Crippen LogP contribution in [-0.2, 0) is 19.2 Å². The van der Waals surface area contributed by atoms with E-state index in [1.54, 1.807) is 13.0 Å². The van der Waals surface area contributed by atoms with Gasteiger partial charge in [-0.25, -0.2) is 9.37 Å². The normalized spacial score (nSPS) is 19.3. The number of carboxylic acid groups (broad SMARTS) is 1. The monoisotopic (exact) mass is 401 g/mol. The van der Waals surface area contributed by atoms with Gasteiger partial charge in [-0.05, 0) is 18.6 Å². The lowest BCUT2D eigenvalue weighted by Gasteiger charge is -2.26. The zero-order valence-electron chi connectivity index (χ0n) is 15.7. The number of carboxylic acids is 1. The van der Waals surface area contributed by atoms with E-state index >= 15 is 0 Å². The van der Waals surface area contributed by atoms with Gasteiger partial charge >= 0.3 is 5.97 Å². The van der Waals surface area contributed by atoms with Gasteiger partial charge in [0.15, 0.2) is 5.78 Å². The van der Waals surface area contributed by atoms with Gasteiger partial charge in [-0.3, -0.25) is 14.4 Å². The van der Waals surface area contributed by atoms with Crippen LogP contribution in [0.4, 0.5) is 4.39 Å². The quantitative estimate of drug-likeness (QED) is 0.699. The van der Waals surface area contributed by atoms with Crippen molar-refractivity contribution in [3.8, 4) is 0 Å². The van der Waals surface area contributed by atoms with E-state index in [9.17, 15) is 18.8 Å². The molecule has 1 aromatic carbocycles. The third-order valence-electron chi connectivity index (χ3n) is 4.87. The lowest BCUT2D eigenvalue weighted by molar-refractivity contribution is -0.148. The van der Waals surface area contributed by atoms with Gasteiger partial charge in [-0.2, -0.15) is 0 Å². The minimum Gasteiger partial charge on any atom is -0.481 e. The van der Waals surface area contributed by atoms with E-state index < -0.39 is 42.4 Å². The van der Waals surface area contributed by atoms with Crippen LogP contribution in [0.2, 0.25) is 0 Å². The Kier molecular flexibility index (Phi) is 5.86. The second-order valence-corrected chi connectivity index (χ2v) is 6.77. The molecule has 1 unspecified atom stereocenters. The van der Waals surface area contributed by atoms with E-state index in [2.05, 4.69) is 15.5 Å². The van der Waals surface area contributed by atoms with Gasteiger partial charge in [0.2, 0.25) is 5.60 Å². The van der Waals surface area contributed by atoms with Crippen LogP contribution in [0.25, 0.3) is 10.9 Å². The number of hydrogen-bond acceptors (Lipinski definition) is 6. The number of pyridine rings is 1. The summed E-state index contributed by atoms with van der Waals surface area (Å²) in [5, 5.41) is 16.2. The van der Waals surface area contributed by atoms with Gasteiger partial charge < -0.3 is 15.3 Å². The molecule has 1 aliphatic rings. The number of oxime groups is 1. The zero-order valence-corrected chi connectivity index (χ0v) is 15.7. The summed E-state index contributed by atoms with van der Waals surface area (Å²) in [7, 11) is 0. The number of carbonyl (C=O) groups is 3. The summed E-state index contributed by atoms with van der Waals surface area (Å²) < 4.78 is 12.7. The van der Waals surface area contributed by atoms with Crippen LogP contribution < -0.4 is 5.32 Å². The highest BCUT2D eigenvalue weighted by molar-refractivity contribution is 6.06. The second-order valence-electron chi connectivity index (χ2n) is 6.77. The molecule has 1 aliphatic heterocycles. The maximum Gasteiger partial charge on any atom is 0.305 e. The van der Waals surface area contributed by atoms with Crippen LogP contribution in [0.1, 0.15) is 31.9 Å². The zero-order chi connectivity index (χ0) is 21.0. The molecule has 0 saturated heterocycles. The highest BCUT2D eigenvalue weighted by atomic mass is 19.1. The van der Waals surface area contributed by atoms with Crippen molar-refractivity contribution in [3.63, 3.8) is 0 Å². The summed E-state index contributed by atoms with van der Waals surface area (Å²) in [5.41, 5.74) is 0.352. The maximum atomic E-state index is 12.8. The van der Waals surface area contributed by atoms with E-state index in [4.69, 9.17) is 9.94 Å². The number of hydrogen-bond donors (Lipinski definition) is 2. The number of rotatable bonds is 8. The summed E-state index contributed by atoms with van der Waals surface area (Å²) in [6, 6.07) is 9.73. The molecule has 29 heavy (non-hydrogen) atoms. The first-order valence-electron chi connectivity index (χ1n) is 9.11. The number of benzene rings is 1. The first-order chi connectivity index (χ1) is 13.9. The van der Waals surface area contributed by atoms with Crippen molar-refractivity contribution < 1.29 is 28.7 Å². The molecular formula is C20H20FN3O5. The Balaban J connectivity index is 1.79. The van der Waals surface area contributed by atoms with Crippen LogP contribution in [0.3, 0.4) is 0 Å². The van der Waals surface area contributed by atoms with Crippen molar-refractivity contribution in [1.82, 2.24) is 10.3 Å². The van der Waals surface area contributed by atoms with Crippen molar-refractivity contribution in [2.24, 2.45) is 5.16 Å². The lowest BCUT2D eigenvalue weighted by Crippen LogP contribution is -2.53. The largest absolute Gasteiger partial charge is 0.481 e. The number of nitrogens with zero attached hydrogens (tertiary/aromatic N) is 2. The van der Waals surface area contributed by atoms with Gasteiger partial charge in [0.1, 0.15) is 18.4 Å². The van der Waals surface area contributed by atoms with E-state index in [1.807, 2.05) is 30.3 Å². The number of nitrogens with one attached hydrogen (secondary N) is 1. The average molecular weight is 401 g/mol. The van der Waals surface area contributed by atoms with Crippen LogP contribution in [-0.4, -0.2) is 51.8 Å². The number of ketones is 1. The van der Waals surface area contributed by atoms with Crippen molar-refractivity contribution >= 4 is 34.3 Å². The molecule has 9 heteroatoms. The average Bonchev–Trinajstić information content (AvgIpc) is 3.18. The first-order valence-corrected chi connectivity index (χ1v) is 9.11. The highest BCUT2D eigenvalue weighted by Crippen LogP contribution is 2.30. The molecule has 0 spiro atoms. The molecular weight excluding hydrogens is 381 g/mol. The van der Waals surface area contributed by atoms with E-state index in [0.717, 1.165) is 10.9 Å². The SMILES string of the molecule is CCC1(C(=O)N[C@@H](CC(=O)O)C(=O)CF)CC(c2ccc3ccccc3n2)=NO1. The summed E-state index contributed by atoms with van der Waals surface area (Å²) in [6.45, 7) is 0.329. The fourth-order valence-electron chi connectivity index (χ4n) is 3.12. The molecule has 2 N–H and O–H groups in total. The molecule has 0 bridgehead atoms. The topological polar surface area (TPSA) is 118 Å². The van der Waals surface area contributed by atoms with Crippen molar-refractivity contribution in [3.05, 3.63) is 42.1 Å². The Morgan fingerprint density at radius 3 is 2.72 bits per heavy atom. The molecule has 3 rings (SSSR count). The fourth-order valence-corrected chi connectivity index (χ4v) is 3.12. The van der Waals surface area contributed by atoms with E-state index in [-0.39, 0.29) is 12.8 Å². The van der Waals surface area contributed by atoms with Gasteiger partial charge in [0.25, 0.3) is 5.91 Å². The van der Waals surface area contributed by atoms with Crippen LogP contribution >= 0.6 is 0 Å². The third-order valence-corrected chi connectivity index (χ3v) is 4.87. The number of Topliss-reactive ketones (excluding diaryl/α,β-unsaturated/α-hetero) is 1. The molecule has 152 valence electrons. The predicted octanol–water partition coefficient (Wildman–Crippen LogP) is 2.01. The molecule has 2 heterocycles. The number of para-hydroxylation sites is 1. The van der Waals surface area contributed by atoms with Gasteiger partial charge in [0.05, 0.1) is 17.6 Å². The molecule has 2 aromatic rings. The van der Waals surface area contributed by atoms with Gasteiger partial charge in [-0.1, -0.05) is 36.3 Å². The third kappa shape index (κ3) is 4.23. The van der Waals surface area contributed by atoms with Crippen molar-refractivity contribution in [2.75, 3.05) is 6.67 Å². The van der Waals surface area contributed by atoms with E-state index in [0.29, 0.717) is 11.4 Å². The van der Waals surface area contributed by atoms with Gasteiger partial charge in [-0.15, -0.1) is 0 Å². The Bertz CT molecular complexity index is 993. The van der Waals surface area contributed by atoms with Crippen LogP contribution in [0, 0.1) is 0 Å². The molecule has 0 saturated carbocycles. The molecule has 1 aromatic heterocycles. The molecule has 0 radical (unpaired) electrons. The molecule has 0 aliphatic carbocycles. The summed E-state index contributed by atoms with van der Waals surface area (Å²) in [6.07, 6.45) is -0.415. The molecule has 2 atom stereocenters. The Morgan fingerprint density at radius 1 is 1.28 bits per heavy atom. The van der Waals surface area contributed by atoms with Crippen LogP contribution in [0.15, 0.2) is 41.6 Å². The number of halogens is 1. The molecule has 8 nitrogen and oxygen atoms in total. The molecule has 0 fully saturated rings. The Hall–Kier alpha value is -3.36. The lowest BCUT2D eigenvalue weighted by atomic mass is 9.91. The fraction of sp³-hybridized carbons (Fsp3) is 0.350. The van der Waals surface area contributed by atoms with Crippen molar-refractivity contribution in [2.45, 2.75) is 37.8 Å². The maximum absolute atomic E-state index is 12.8. The summed E-state index contributed by atoms with van der Waals surface area (Å²) in [4.78, 5) is 45.4. The van der Waals surface area contributed by atoms with E-state index in [1.165, 1.54) is 0 Å². The number of fused-ring (bicyclic) bond motifs is 1. The number of alkyl halides is 1. The van der Waals surface area contributed by atoms with Crippen LogP contribution in [0.5, 0.6) is 0 Å². The smallest absolute Gasteiger partial charge is 0.305 e. The Labute approximate surface area is 165 Å². The second kappa shape index (κ2) is 8.34. The minimum absolute atomic E-state index is 0.0876. The number of aromatic nitrogens is 1. The number of amides is 1. The number of carbonyl (C=O) groups excluding carboxylic acids is 2. The van der Waals surface area contributed by atoms with Gasteiger partial charge in [0, 0.05) is 11.8 Å². The molecule has 1 amide bonds. The highest BCUT2D eigenvalue weighted by Gasteiger charge is 2.46. The predicted molar refractivity (Wildman–Crippen MR) is 102 cm³/mol.